The van der Waals surface area contributed by atoms with Crippen molar-refractivity contribution in [1.29, 1.82) is 0 Å². The van der Waals surface area contributed by atoms with Gasteiger partial charge in [0, 0.05) is 43.0 Å². The molecule has 3 heterocycles. The van der Waals surface area contributed by atoms with Crippen LogP contribution < -0.4 is 5.32 Å². The number of nitrogens with one attached hydrogen (secondary N) is 1. The van der Waals surface area contributed by atoms with Crippen LogP contribution in [0.1, 0.15) is 35.0 Å². The Morgan fingerprint density at radius 2 is 2.24 bits per heavy atom. The summed E-state index contributed by atoms with van der Waals surface area (Å²) in [5.74, 6) is 1.11. The molecule has 1 unspecified atom stereocenters. The molecule has 0 spiro atoms. The summed E-state index contributed by atoms with van der Waals surface area (Å²) >= 11 is 1.91. The number of aryl methyl sites for hydroxylation is 2. The normalized spacial score (nSPS) is 20.0. The van der Waals surface area contributed by atoms with Crippen molar-refractivity contribution < 1.29 is 4.42 Å². The fraction of sp³-hybridized carbons (Fsp3) is 0.562. The molecule has 0 bridgehead atoms. The Labute approximate surface area is 129 Å². The first-order chi connectivity index (χ1) is 10.4. The first kappa shape index (κ1) is 13.5. The summed E-state index contributed by atoms with van der Waals surface area (Å²) in [6, 6.07) is 2.54. The molecule has 5 heteroatoms. The van der Waals surface area contributed by atoms with Crippen LogP contribution in [0.3, 0.4) is 0 Å². The van der Waals surface area contributed by atoms with Gasteiger partial charge in [0.25, 0.3) is 0 Å². The highest BCUT2D eigenvalue weighted by Gasteiger charge is 2.28. The van der Waals surface area contributed by atoms with Crippen molar-refractivity contribution in [2.45, 2.75) is 32.2 Å². The molecule has 1 saturated heterocycles. The van der Waals surface area contributed by atoms with Crippen molar-refractivity contribution in [3.05, 3.63) is 28.0 Å². The Bertz CT molecular complexity index is 627. The van der Waals surface area contributed by atoms with E-state index in [2.05, 4.69) is 23.2 Å². The fourth-order valence-corrected chi connectivity index (χ4v) is 4.74. The third kappa shape index (κ3) is 2.33. The molecule has 4 nitrogen and oxygen atoms in total. The minimum absolute atomic E-state index is 0.470. The number of rotatable bonds is 3. The van der Waals surface area contributed by atoms with E-state index in [4.69, 9.17) is 9.40 Å². The van der Waals surface area contributed by atoms with E-state index in [1.54, 1.807) is 6.26 Å². The monoisotopic (exact) mass is 303 g/mol. The predicted octanol–water partition coefficient (Wildman–Crippen LogP) is 2.86. The summed E-state index contributed by atoms with van der Waals surface area (Å²) in [6.45, 7) is 6.71. The van der Waals surface area contributed by atoms with Crippen molar-refractivity contribution in [2.24, 2.45) is 0 Å². The van der Waals surface area contributed by atoms with Gasteiger partial charge in [0.1, 0.15) is 10.8 Å². The Morgan fingerprint density at radius 1 is 1.38 bits per heavy atom. The molecule has 0 radical (unpaired) electrons. The number of thiazole rings is 1. The lowest BCUT2D eigenvalue weighted by Gasteiger charge is -2.33. The van der Waals surface area contributed by atoms with Crippen molar-refractivity contribution in [2.75, 3.05) is 26.2 Å². The van der Waals surface area contributed by atoms with Crippen LogP contribution in [0.25, 0.3) is 11.3 Å². The van der Waals surface area contributed by atoms with E-state index in [1.807, 2.05) is 11.3 Å². The molecule has 1 fully saturated rings. The van der Waals surface area contributed by atoms with Crippen molar-refractivity contribution in [3.8, 4) is 11.3 Å². The zero-order valence-electron chi connectivity index (χ0n) is 12.4. The lowest BCUT2D eigenvalue weighted by atomic mass is 10.0. The third-order valence-corrected chi connectivity index (χ3v) is 5.77. The minimum atomic E-state index is 0.470. The first-order valence-corrected chi connectivity index (χ1v) is 8.69. The van der Waals surface area contributed by atoms with Gasteiger partial charge in [0.2, 0.25) is 0 Å². The number of furan rings is 1. The maximum Gasteiger partial charge on any atom is 0.113 e. The number of piperazine rings is 1. The lowest BCUT2D eigenvalue weighted by Crippen LogP contribution is -2.45. The molecule has 1 aliphatic heterocycles. The van der Waals surface area contributed by atoms with E-state index in [-0.39, 0.29) is 0 Å². The number of fused-ring (bicyclic) bond motifs is 3. The van der Waals surface area contributed by atoms with Crippen LogP contribution in [0.2, 0.25) is 0 Å². The van der Waals surface area contributed by atoms with Gasteiger partial charge in [-0.3, -0.25) is 4.90 Å². The van der Waals surface area contributed by atoms with Crippen LogP contribution in [0.15, 0.2) is 16.7 Å². The maximum absolute atomic E-state index is 5.57. The molecular weight excluding hydrogens is 282 g/mol. The zero-order valence-corrected chi connectivity index (χ0v) is 13.2. The molecule has 0 amide bonds. The van der Waals surface area contributed by atoms with Gasteiger partial charge < -0.3 is 9.73 Å². The topological polar surface area (TPSA) is 41.3 Å². The van der Waals surface area contributed by atoms with Crippen molar-refractivity contribution in [1.82, 2.24) is 15.2 Å². The van der Waals surface area contributed by atoms with E-state index in [1.165, 1.54) is 21.1 Å². The van der Waals surface area contributed by atoms with E-state index in [0.717, 1.165) is 51.2 Å². The van der Waals surface area contributed by atoms with Crippen LogP contribution in [0, 0.1) is 0 Å². The van der Waals surface area contributed by atoms with E-state index < -0.39 is 0 Å². The molecule has 2 aliphatic rings. The molecular formula is C16H21N3OS. The standard InChI is InChI=1S/C16H21N3OS/c1-2-12(19-8-6-17-7-9-19)16-18-15-11-5-10-20-13(11)3-4-14(15)21-16/h5,10,12,17H,2-4,6-9H2,1H3. The molecule has 0 saturated carbocycles. The van der Waals surface area contributed by atoms with E-state index >= 15 is 0 Å². The Morgan fingerprint density at radius 3 is 3.05 bits per heavy atom. The second-order valence-electron chi connectivity index (χ2n) is 5.79. The summed E-state index contributed by atoms with van der Waals surface area (Å²) in [5, 5.41) is 4.72. The van der Waals surface area contributed by atoms with Crippen LogP contribution in [-0.2, 0) is 12.8 Å². The summed E-state index contributed by atoms with van der Waals surface area (Å²) in [5.41, 5.74) is 2.40. The molecule has 1 atom stereocenters. The van der Waals surface area contributed by atoms with Gasteiger partial charge in [0.15, 0.2) is 0 Å². The van der Waals surface area contributed by atoms with Crippen molar-refractivity contribution >= 4 is 11.3 Å². The summed E-state index contributed by atoms with van der Waals surface area (Å²) in [4.78, 5) is 9.03. The Kier molecular flexibility index (Phi) is 3.57. The average molecular weight is 303 g/mol. The Balaban J connectivity index is 1.67. The number of hydrogen-bond acceptors (Lipinski definition) is 5. The Hall–Kier alpha value is -1.17. The zero-order chi connectivity index (χ0) is 14.2. The highest BCUT2D eigenvalue weighted by Crippen LogP contribution is 2.40. The molecule has 112 valence electrons. The van der Waals surface area contributed by atoms with Crippen LogP contribution in [0.4, 0.5) is 0 Å². The van der Waals surface area contributed by atoms with Gasteiger partial charge in [-0.15, -0.1) is 11.3 Å². The molecule has 21 heavy (non-hydrogen) atoms. The number of aromatic nitrogens is 1. The van der Waals surface area contributed by atoms with Crippen molar-refractivity contribution in [3.63, 3.8) is 0 Å². The number of nitrogens with zero attached hydrogens (tertiary/aromatic N) is 2. The molecule has 0 aromatic carbocycles. The van der Waals surface area contributed by atoms with Gasteiger partial charge in [-0.1, -0.05) is 6.92 Å². The van der Waals surface area contributed by atoms with Gasteiger partial charge in [-0.2, -0.15) is 0 Å². The first-order valence-electron chi connectivity index (χ1n) is 7.88. The highest BCUT2D eigenvalue weighted by molar-refractivity contribution is 7.12. The average Bonchev–Trinajstić information content (AvgIpc) is 3.14. The molecule has 2 aromatic rings. The summed E-state index contributed by atoms with van der Waals surface area (Å²) < 4.78 is 5.57. The minimum Gasteiger partial charge on any atom is -0.469 e. The van der Waals surface area contributed by atoms with E-state index in [0.29, 0.717) is 6.04 Å². The molecule has 1 aliphatic carbocycles. The number of hydrogen-bond donors (Lipinski definition) is 1. The van der Waals surface area contributed by atoms with E-state index in [9.17, 15) is 0 Å². The smallest absolute Gasteiger partial charge is 0.113 e. The summed E-state index contributed by atoms with van der Waals surface area (Å²) in [7, 11) is 0. The van der Waals surface area contributed by atoms with Crippen LogP contribution in [0.5, 0.6) is 0 Å². The third-order valence-electron chi connectivity index (χ3n) is 4.56. The maximum atomic E-state index is 5.57. The molecule has 1 N–H and O–H groups in total. The SMILES string of the molecule is CCC(c1nc2c(s1)CCc1occc1-2)N1CCNCC1. The van der Waals surface area contributed by atoms with Gasteiger partial charge in [-0.25, -0.2) is 4.98 Å². The second kappa shape index (κ2) is 5.55. The predicted molar refractivity (Wildman–Crippen MR) is 84.7 cm³/mol. The summed E-state index contributed by atoms with van der Waals surface area (Å²) in [6.07, 6.45) is 5.02. The van der Waals surface area contributed by atoms with Gasteiger partial charge in [-0.05, 0) is 18.9 Å². The fourth-order valence-electron chi connectivity index (χ4n) is 3.45. The van der Waals surface area contributed by atoms with Crippen LogP contribution >= 0.6 is 11.3 Å². The highest BCUT2D eigenvalue weighted by atomic mass is 32.1. The largest absolute Gasteiger partial charge is 0.469 e. The molecule has 4 rings (SSSR count). The van der Waals surface area contributed by atoms with Gasteiger partial charge in [0.05, 0.1) is 18.0 Å². The lowest BCUT2D eigenvalue weighted by molar-refractivity contribution is 0.169. The molecule has 2 aromatic heterocycles. The van der Waals surface area contributed by atoms with Crippen LogP contribution in [-0.4, -0.2) is 36.1 Å². The van der Waals surface area contributed by atoms with Gasteiger partial charge >= 0.3 is 0 Å². The second-order valence-corrected chi connectivity index (χ2v) is 6.91. The quantitative estimate of drug-likeness (QED) is 0.946.